The standard InChI is InChI=1S/C22H25N3O3/c1-5-28-20-9-7-6-8-17(20)12-23-21(26)13-25-19-11-15(3)14(2)10-18(19)24-16(4)22(25)27/h6-11H,5,12-13H2,1-4H3,(H,23,26). The third-order valence-electron chi connectivity index (χ3n) is 4.77. The number of fused-ring (bicyclic) bond motifs is 1. The Labute approximate surface area is 164 Å². The SMILES string of the molecule is CCOc1ccccc1CNC(=O)Cn1c(=O)c(C)nc2cc(C)c(C)cc21. The fraction of sp³-hybridized carbons (Fsp3) is 0.318. The van der Waals surface area contributed by atoms with Crippen molar-refractivity contribution in [2.45, 2.75) is 40.8 Å². The van der Waals surface area contributed by atoms with E-state index in [9.17, 15) is 9.59 Å². The highest BCUT2D eigenvalue weighted by atomic mass is 16.5. The van der Waals surface area contributed by atoms with Gasteiger partial charge in [0, 0.05) is 12.1 Å². The zero-order valence-corrected chi connectivity index (χ0v) is 16.7. The van der Waals surface area contributed by atoms with Gasteiger partial charge in [-0.3, -0.25) is 14.2 Å². The number of carbonyl (C=O) groups is 1. The van der Waals surface area contributed by atoms with Gasteiger partial charge in [0.05, 0.1) is 17.6 Å². The van der Waals surface area contributed by atoms with E-state index >= 15 is 0 Å². The maximum atomic E-state index is 12.6. The minimum absolute atomic E-state index is 0.0575. The number of amides is 1. The maximum Gasteiger partial charge on any atom is 0.272 e. The number of nitrogens with one attached hydrogen (secondary N) is 1. The molecule has 0 aliphatic carbocycles. The van der Waals surface area contributed by atoms with Crippen LogP contribution in [-0.2, 0) is 17.9 Å². The van der Waals surface area contributed by atoms with E-state index < -0.39 is 0 Å². The fourth-order valence-corrected chi connectivity index (χ4v) is 3.12. The zero-order chi connectivity index (χ0) is 20.3. The summed E-state index contributed by atoms with van der Waals surface area (Å²) in [7, 11) is 0. The summed E-state index contributed by atoms with van der Waals surface area (Å²) < 4.78 is 7.08. The van der Waals surface area contributed by atoms with Crippen LogP contribution in [0.25, 0.3) is 11.0 Å². The van der Waals surface area contributed by atoms with E-state index in [0.717, 1.165) is 28.0 Å². The fourth-order valence-electron chi connectivity index (χ4n) is 3.12. The van der Waals surface area contributed by atoms with Crippen LogP contribution in [0.1, 0.15) is 29.3 Å². The van der Waals surface area contributed by atoms with Gasteiger partial charge in [-0.05, 0) is 57.0 Å². The Morgan fingerprint density at radius 3 is 2.61 bits per heavy atom. The quantitative estimate of drug-likeness (QED) is 0.714. The normalized spacial score (nSPS) is 10.9. The first kappa shape index (κ1) is 19.6. The van der Waals surface area contributed by atoms with Crippen LogP contribution in [0.2, 0.25) is 0 Å². The van der Waals surface area contributed by atoms with Gasteiger partial charge in [-0.1, -0.05) is 18.2 Å². The summed E-state index contributed by atoms with van der Waals surface area (Å²) in [5.41, 5.74) is 4.57. The lowest BCUT2D eigenvalue weighted by atomic mass is 10.1. The molecule has 1 heterocycles. The number of rotatable bonds is 6. The van der Waals surface area contributed by atoms with Crippen LogP contribution in [0.4, 0.5) is 0 Å². The molecule has 0 spiro atoms. The van der Waals surface area contributed by atoms with E-state index in [1.807, 2.05) is 57.2 Å². The van der Waals surface area contributed by atoms with E-state index in [-0.39, 0.29) is 18.0 Å². The van der Waals surface area contributed by atoms with Crippen LogP contribution in [0.5, 0.6) is 5.75 Å². The molecule has 28 heavy (non-hydrogen) atoms. The molecule has 6 heteroatoms. The Morgan fingerprint density at radius 2 is 1.86 bits per heavy atom. The van der Waals surface area contributed by atoms with Gasteiger partial charge in [0.15, 0.2) is 0 Å². The third-order valence-corrected chi connectivity index (χ3v) is 4.77. The first-order valence-electron chi connectivity index (χ1n) is 9.36. The van der Waals surface area contributed by atoms with Crippen molar-refractivity contribution in [1.29, 1.82) is 0 Å². The molecular weight excluding hydrogens is 354 g/mol. The largest absolute Gasteiger partial charge is 0.494 e. The monoisotopic (exact) mass is 379 g/mol. The first-order chi connectivity index (χ1) is 13.4. The van der Waals surface area contributed by atoms with Gasteiger partial charge in [0.25, 0.3) is 5.56 Å². The molecule has 0 bridgehead atoms. The lowest BCUT2D eigenvalue weighted by Gasteiger charge is -2.14. The van der Waals surface area contributed by atoms with Gasteiger partial charge < -0.3 is 10.1 Å². The van der Waals surface area contributed by atoms with Gasteiger partial charge >= 0.3 is 0 Å². The molecule has 0 saturated heterocycles. The molecule has 146 valence electrons. The smallest absolute Gasteiger partial charge is 0.272 e. The lowest BCUT2D eigenvalue weighted by molar-refractivity contribution is -0.121. The van der Waals surface area contributed by atoms with Crippen LogP contribution in [0.3, 0.4) is 0 Å². The first-order valence-corrected chi connectivity index (χ1v) is 9.36. The number of ether oxygens (including phenoxy) is 1. The van der Waals surface area contributed by atoms with Crippen molar-refractivity contribution in [1.82, 2.24) is 14.9 Å². The average molecular weight is 379 g/mol. The minimum atomic E-state index is -0.249. The number of hydrogen-bond donors (Lipinski definition) is 1. The van der Waals surface area contributed by atoms with Crippen molar-refractivity contribution in [2.75, 3.05) is 6.61 Å². The van der Waals surface area contributed by atoms with Crippen molar-refractivity contribution in [2.24, 2.45) is 0 Å². The lowest BCUT2D eigenvalue weighted by Crippen LogP contribution is -2.33. The van der Waals surface area contributed by atoms with Gasteiger partial charge in [0.2, 0.25) is 5.91 Å². The van der Waals surface area contributed by atoms with Crippen LogP contribution in [0.15, 0.2) is 41.2 Å². The average Bonchev–Trinajstić information content (AvgIpc) is 2.67. The highest BCUT2D eigenvalue weighted by Crippen LogP contribution is 2.18. The Hall–Kier alpha value is -3.15. The zero-order valence-electron chi connectivity index (χ0n) is 16.7. The molecular formula is C22H25N3O3. The van der Waals surface area contributed by atoms with Crippen molar-refractivity contribution < 1.29 is 9.53 Å². The molecule has 1 amide bonds. The van der Waals surface area contributed by atoms with Gasteiger partial charge in [-0.25, -0.2) is 4.98 Å². The second kappa shape index (κ2) is 8.25. The van der Waals surface area contributed by atoms with Crippen molar-refractivity contribution >= 4 is 16.9 Å². The molecule has 1 aromatic heterocycles. The Balaban J connectivity index is 1.85. The van der Waals surface area contributed by atoms with Crippen LogP contribution < -0.4 is 15.6 Å². The van der Waals surface area contributed by atoms with E-state index in [4.69, 9.17) is 4.74 Å². The summed E-state index contributed by atoms with van der Waals surface area (Å²) in [4.78, 5) is 29.6. The van der Waals surface area contributed by atoms with Gasteiger partial charge in [-0.15, -0.1) is 0 Å². The van der Waals surface area contributed by atoms with Crippen LogP contribution in [-0.4, -0.2) is 22.1 Å². The van der Waals surface area contributed by atoms with Gasteiger partial charge in [-0.2, -0.15) is 0 Å². The van der Waals surface area contributed by atoms with E-state index in [2.05, 4.69) is 10.3 Å². The molecule has 0 aliphatic heterocycles. The summed E-state index contributed by atoms with van der Waals surface area (Å²) in [5, 5.41) is 2.88. The number of benzene rings is 2. The second-order valence-electron chi connectivity index (χ2n) is 6.83. The molecule has 0 saturated carbocycles. The summed E-state index contributed by atoms with van der Waals surface area (Å²) in [5.74, 6) is 0.511. The Bertz CT molecular complexity index is 1090. The molecule has 1 N–H and O–H groups in total. The highest BCUT2D eigenvalue weighted by molar-refractivity contribution is 5.81. The van der Waals surface area contributed by atoms with Crippen LogP contribution >= 0.6 is 0 Å². The molecule has 0 unspecified atom stereocenters. The second-order valence-corrected chi connectivity index (χ2v) is 6.83. The highest BCUT2D eigenvalue weighted by Gasteiger charge is 2.13. The number of aryl methyl sites for hydroxylation is 3. The van der Waals surface area contributed by atoms with E-state index in [1.165, 1.54) is 4.57 Å². The Morgan fingerprint density at radius 1 is 1.14 bits per heavy atom. The molecule has 0 aliphatic rings. The number of para-hydroxylation sites is 1. The molecule has 0 radical (unpaired) electrons. The molecule has 3 aromatic rings. The number of nitrogens with zero attached hydrogens (tertiary/aromatic N) is 2. The van der Waals surface area contributed by atoms with Crippen molar-refractivity contribution in [3.05, 3.63) is 69.1 Å². The van der Waals surface area contributed by atoms with Crippen LogP contribution in [0, 0.1) is 20.8 Å². The van der Waals surface area contributed by atoms with Crippen molar-refractivity contribution in [3.8, 4) is 5.75 Å². The Kier molecular flexibility index (Phi) is 5.78. The summed E-state index contributed by atoms with van der Waals surface area (Å²) in [6, 6.07) is 11.4. The maximum absolute atomic E-state index is 12.6. The van der Waals surface area contributed by atoms with E-state index in [0.29, 0.717) is 24.4 Å². The van der Waals surface area contributed by atoms with Crippen molar-refractivity contribution in [3.63, 3.8) is 0 Å². The molecule has 2 aromatic carbocycles. The predicted molar refractivity (Wildman–Crippen MR) is 110 cm³/mol. The summed E-state index contributed by atoms with van der Waals surface area (Å²) in [6.07, 6.45) is 0. The molecule has 6 nitrogen and oxygen atoms in total. The third kappa shape index (κ3) is 4.06. The summed E-state index contributed by atoms with van der Waals surface area (Å²) >= 11 is 0. The predicted octanol–water partition coefficient (Wildman–Crippen LogP) is 3.04. The summed E-state index contributed by atoms with van der Waals surface area (Å²) in [6.45, 7) is 8.41. The topological polar surface area (TPSA) is 73.2 Å². The number of hydrogen-bond acceptors (Lipinski definition) is 4. The molecule has 0 fully saturated rings. The molecule has 0 atom stereocenters. The number of aromatic nitrogens is 2. The number of carbonyl (C=O) groups excluding carboxylic acids is 1. The van der Waals surface area contributed by atoms with E-state index in [1.54, 1.807) is 6.92 Å². The molecule has 3 rings (SSSR count). The van der Waals surface area contributed by atoms with Gasteiger partial charge in [0.1, 0.15) is 18.0 Å². The minimum Gasteiger partial charge on any atom is -0.494 e.